The van der Waals surface area contributed by atoms with E-state index in [1.54, 1.807) is 43.3 Å². The van der Waals surface area contributed by atoms with Crippen molar-refractivity contribution in [1.82, 2.24) is 0 Å². The van der Waals surface area contributed by atoms with Gasteiger partial charge in [0.05, 0.1) is 16.3 Å². The summed E-state index contributed by atoms with van der Waals surface area (Å²) in [5.74, 6) is 0. The van der Waals surface area contributed by atoms with E-state index in [9.17, 15) is 18.5 Å². The molecular formula is C14H15N3O4S. The first-order valence-electron chi connectivity index (χ1n) is 6.35. The average Bonchev–Trinajstić information content (AvgIpc) is 2.47. The summed E-state index contributed by atoms with van der Waals surface area (Å²) in [6, 6.07) is 12.0. The van der Waals surface area contributed by atoms with Crippen molar-refractivity contribution in [2.45, 2.75) is 4.90 Å². The van der Waals surface area contributed by atoms with Crippen LogP contribution in [-0.4, -0.2) is 27.4 Å². The third-order valence-electron chi connectivity index (χ3n) is 2.98. The molecule has 0 radical (unpaired) electrons. The number of rotatable bonds is 5. The fourth-order valence-corrected chi connectivity index (χ4v) is 3.23. The van der Waals surface area contributed by atoms with Gasteiger partial charge < -0.3 is 4.90 Å². The van der Waals surface area contributed by atoms with Gasteiger partial charge in [0.1, 0.15) is 0 Å². The van der Waals surface area contributed by atoms with E-state index in [1.807, 2.05) is 0 Å². The monoisotopic (exact) mass is 321 g/mol. The molecule has 0 unspecified atom stereocenters. The molecule has 0 amide bonds. The van der Waals surface area contributed by atoms with Gasteiger partial charge in [0, 0.05) is 20.2 Å². The highest BCUT2D eigenvalue weighted by atomic mass is 32.2. The maximum absolute atomic E-state index is 12.5. The van der Waals surface area contributed by atoms with Gasteiger partial charge >= 0.3 is 0 Å². The van der Waals surface area contributed by atoms with Gasteiger partial charge in [0.25, 0.3) is 15.7 Å². The molecule has 0 atom stereocenters. The van der Waals surface area contributed by atoms with Crippen molar-refractivity contribution in [3.05, 3.63) is 58.6 Å². The molecule has 0 saturated carbocycles. The highest BCUT2D eigenvalue weighted by Crippen LogP contribution is 2.29. The van der Waals surface area contributed by atoms with Crippen LogP contribution < -0.4 is 9.62 Å². The fraction of sp³-hybridized carbons (Fsp3) is 0.143. The summed E-state index contributed by atoms with van der Waals surface area (Å²) in [5.41, 5.74) is 0.549. The Morgan fingerprint density at radius 2 is 1.64 bits per heavy atom. The number of nitrogens with one attached hydrogen (secondary N) is 1. The lowest BCUT2D eigenvalue weighted by molar-refractivity contribution is -0.387. The van der Waals surface area contributed by atoms with E-state index < -0.39 is 20.6 Å². The summed E-state index contributed by atoms with van der Waals surface area (Å²) in [6.07, 6.45) is 0. The first-order chi connectivity index (χ1) is 10.3. The van der Waals surface area contributed by atoms with E-state index in [2.05, 4.69) is 4.72 Å². The van der Waals surface area contributed by atoms with E-state index in [-0.39, 0.29) is 4.90 Å². The molecule has 8 heteroatoms. The predicted molar refractivity (Wildman–Crippen MR) is 84.7 cm³/mol. The summed E-state index contributed by atoms with van der Waals surface area (Å²) >= 11 is 0. The number of anilines is 2. The second-order valence-electron chi connectivity index (χ2n) is 4.74. The molecule has 0 bridgehead atoms. The molecule has 0 heterocycles. The maximum Gasteiger partial charge on any atom is 0.289 e. The van der Waals surface area contributed by atoms with Gasteiger partial charge in [0.15, 0.2) is 4.90 Å². The van der Waals surface area contributed by atoms with Crippen LogP contribution in [0.1, 0.15) is 0 Å². The topological polar surface area (TPSA) is 92.6 Å². The van der Waals surface area contributed by atoms with Crippen molar-refractivity contribution in [2.75, 3.05) is 23.7 Å². The number of nitro benzene ring substituents is 1. The van der Waals surface area contributed by atoms with Gasteiger partial charge in [-0.05, 0) is 18.2 Å². The SMILES string of the molecule is CN(C)c1ccccc1NS(=O)(=O)c1ccccc1[N+](=O)[O-]. The van der Waals surface area contributed by atoms with E-state index in [4.69, 9.17) is 0 Å². The fourth-order valence-electron chi connectivity index (χ4n) is 1.98. The van der Waals surface area contributed by atoms with Crippen LogP contribution in [0.25, 0.3) is 0 Å². The Labute approximate surface area is 128 Å². The van der Waals surface area contributed by atoms with Crippen LogP contribution in [0, 0.1) is 10.1 Å². The van der Waals surface area contributed by atoms with E-state index in [0.29, 0.717) is 11.4 Å². The Morgan fingerprint density at radius 1 is 1.05 bits per heavy atom. The molecule has 1 N–H and O–H groups in total. The predicted octanol–water partition coefficient (Wildman–Crippen LogP) is 2.46. The van der Waals surface area contributed by atoms with E-state index in [0.717, 1.165) is 6.07 Å². The van der Waals surface area contributed by atoms with Crippen molar-refractivity contribution in [2.24, 2.45) is 0 Å². The van der Waals surface area contributed by atoms with Crippen molar-refractivity contribution in [3.8, 4) is 0 Å². The first-order valence-corrected chi connectivity index (χ1v) is 7.84. The quantitative estimate of drug-likeness (QED) is 0.674. The molecule has 2 rings (SSSR count). The summed E-state index contributed by atoms with van der Waals surface area (Å²) < 4.78 is 27.3. The Kier molecular flexibility index (Phi) is 4.32. The summed E-state index contributed by atoms with van der Waals surface area (Å²) in [6.45, 7) is 0. The Morgan fingerprint density at radius 3 is 2.27 bits per heavy atom. The van der Waals surface area contributed by atoms with Gasteiger partial charge in [-0.1, -0.05) is 24.3 Å². The molecule has 0 aromatic heterocycles. The Balaban J connectivity index is 2.48. The molecule has 2 aromatic carbocycles. The number of hydrogen-bond donors (Lipinski definition) is 1. The van der Waals surface area contributed by atoms with Crippen molar-refractivity contribution in [1.29, 1.82) is 0 Å². The van der Waals surface area contributed by atoms with Gasteiger partial charge in [-0.3, -0.25) is 14.8 Å². The van der Waals surface area contributed by atoms with Crippen molar-refractivity contribution in [3.63, 3.8) is 0 Å². The van der Waals surface area contributed by atoms with Gasteiger partial charge in [-0.25, -0.2) is 8.42 Å². The third-order valence-corrected chi connectivity index (χ3v) is 4.39. The number of para-hydroxylation sites is 3. The molecule has 7 nitrogen and oxygen atoms in total. The minimum absolute atomic E-state index is 0.352. The minimum Gasteiger partial charge on any atom is -0.376 e. The van der Waals surface area contributed by atoms with Gasteiger partial charge in [0.2, 0.25) is 0 Å². The molecule has 0 fully saturated rings. The maximum atomic E-state index is 12.5. The lowest BCUT2D eigenvalue weighted by Gasteiger charge is -2.18. The smallest absolute Gasteiger partial charge is 0.289 e. The number of nitro groups is 1. The van der Waals surface area contributed by atoms with Crippen LogP contribution in [0.2, 0.25) is 0 Å². The van der Waals surface area contributed by atoms with Gasteiger partial charge in [-0.15, -0.1) is 0 Å². The average molecular weight is 321 g/mol. The molecule has 0 spiro atoms. The highest BCUT2D eigenvalue weighted by molar-refractivity contribution is 7.92. The summed E-state index contributed by atoms with van der Waals surface area (Å²) in [7, 11) is -0.512. The molecular weight excluding hydrogens is 306 g/mol. The molecule has 2 aromatic rings. The van der Waals surface area contributed by atoms with Gasteiger partial charge in [-0.2, -0.15) is 0 Å². The van der Waals surface area contributed by atoms with E-state index in [1.165, 1.54) is 18.2 Å². The van der Waals surface area contributed by atoms with Crippen LogP contribution in [0.15, 0.2) is 53.4 Å². The normalized spacial score (nSPS) is 11.0. The molecule has 0 aliphatic heterocycles. The number of sulfonamides is 1. The van der Waals surface area contributed by atoms with Crippen LogP contribution >= 0.6 is 0 Å². The molecule has 0 aliphatic carbocycles. The van der Waals surface area contributed by atoms with Crippen LogP contribution in [-0.2, 0) is 10.0 Å². The first kappa shape index (κ1) is 15.8. The molecule has 116 valence electrons. The minimum atomic E-state index is -4.06. The number of hydrogen-bond acceptors (Lipinski definition) is 5. The zero-order chi connectivity index (χ0) is 16.3. The molecule has 0 aliphatic rings. The summed E-state index contributed by atoms with van der Waals surface area (Å²) in [5, 5.41) is 11.0. The van der Waals surface area contributed by atoms with Crippen molar-refractivity contribution >= 4 is 27.1 Å². The second-order valence-corrected chi connectivity index (χ2v) is 6.39. The Bertz CT molecular complexity index is 803. The zero-order valence-corrected chi connectivity index (χ0v) is 12.9. The zero-order valence-electron chi connectivity index (χ0n) is 12.1. The third kappa shape index (κ3) is 3.17. The van der Waals surface area contributed by atoms with Crippen LogP contribution in [0.5, 0.6) is 0 Å². The molecule has 0 saturated heterocycles. The van der Waals surface area contributed by atoms with Crippen molar-refractivity contribution < 1.29 is 13.3 Å². The lowest BCUT2D eigenvalue weighted by atomic mass is 10.2. The standard InChI is InChI=1S/C14H15N3O4S/c1-16(2)12-8-4-3-7-11(12)15-22(20,21)14-10-6-5-9-13(14)17(18)19/h3-10,15H,1-2H3. The largest absolute Gasteiger partial charge is 0.376 e. The summed E-state index contributed by atoms with van der Waals surface area (Å²) in [4.78, 5) is 11.7. The Hall–Kier alpha value is -2.61. The highest BCUT2D eigenvalue weighted by Gasteiger charge is 2.25. The van der Waals surface area contributed by atoms with Crippen LogP contribution in [0.4, 0.5) is 17.1 Å². The lowest BCUT2D eigenvalue weighted by Crippen LogP contribution is -2.18. The van der Waals surface area contributed by atoms with E-state index >= 15 is 0 Å². The van der Waals surface area contributed by atoms with Crippen LogP contribution in [0.3, 0.4) is 0 Å². The second kappa shape index (κ2) is 6.02. The number of benzene rings is 2. The number of nitrogens with zero attached hydrogens (tertiary/aromatic N) is 2. The molecule has 22 heavy (non-hydrogen) atoms.